The van der Waals surface area contributed by atoms with E-state index >= 15 is 0 Å². The van der Waals surface area contributed by atoms with Crippen LogP contribution in [0.15, 0.2) is 23.7 Å². The fourth-order valence-electron chi connectivity index (χ4n) is 2.38. The highest BCUT2D eigenvalue weighted by atomic mass is 32.1. The molecule has 1 N–H and O–H groups in total. The number of amides is 1. The van der Waals surface area contributed by atoms with Crippen LogP contribution < -0.4 is 10.1 Å². The van der Waals surface area contributed by atoms with E-state index in [1.54, 1.807) is 11.3 Å². The van der Waals surface area contributed by atoms with Gasteiger partial charge in [0.05, 0.1) is 16.1 Å². The number of carbonyl (C=O) groups is 1. The summed E-state index contributed by atoms with van der Waals surface area (Å²) in [7, 11) is 0. The molecule has 1 heterocycles. The first-order chi connectivity index (χ1) is 12.2. The van der Waals surface area contributed by atoms with E-state index in [-0.39, 0.29) is 6.61 Å². The fraction of sp³-hybridized carbons (Fsp3) is 0.444. The summed E-state index contributed by atoms with van der Waals surface area (Å²) in [6, 6.07) is 5.94. The van der Waals surface area contributed by atoms with E-state index in [0.29, 0.717) is 31.9 Å². The Balaban J connectivity index is 2.21. The molecule has 2 rings (SSSR count). The Bertz CT molecular complexity index is 669. The van der Waals surface area contributed by atoms with Crippen LogP contribution in [0.4, 0.5) is 0 Å². The smallest absolute Gasteiger partial charge is 0.207 e. The van der Waals surface area contributed by atoms with Crippen molar-refractivity contribution >= 4 is 17.7 Å². The summed E-state index contributed by atoms with van der Waals surface area (Å²) >= 11 is 1.59. The summed E-state index contributed by atoms with van der Waals surface area (Å²) in [5.41, 5.74) is 4.74. The van der Waals surface area contributed by atoms with Crippen LogP contribution in [-0.2, 0) is 20.8 Å². The van der Waals surface area contributed by atoms with Crippen LogP contribution in [0, 0.1) is 6.92 Å². The van der Waals surface area contributed by atoms with Crippen LogP contribution in [0.5, 0.6) is 5.75 Å². The standard InChI is InChI=1S/C18H24N2O4S/c1-4-22-17(23-5-2)10-24-16-8-14(18-13(3)20-12-25-18)6-7-15(16)9-19-11-21/h6-8,11-12,17H,4-5,9-10H2,1-3H3,(H,19,21). The lowest BCUT2D eigenvalue weighted by molar-refractivity contribution is -0.152. The zero-order valence-electron chi connectivity index (χ0n) is 14.8. The molecule has 0 fully saturated rings. The van der Waals surface area contributed by atoms with Crippen LogP contribution in [0.3, 0.4) is 0 Å². The van der Waals surface area contributed by atoms with Gasteiger partial charge >= 0.3 is 0 Å². The summed E-state index contributed by atoms with van der Waals surface area (Å²) < 4.78 is 17.0. The zero-order valence-corrected chi connectivity index (χ0v) is 15.6. The van der Waals surface area contributed by atoms with Gasteiger partial charge in [-0.05, 0) is 32.4 Å². The molecule has 0 aliphatic heterocycles. The molecule has 1 aromatic heterocycles. The molecular formula is C18H24N2O4S. The molecule has 136 valence electrons. The number of aryl methyl sites for hydroxylation is 1. The van der Waals surface area contributed by atoms with E-state index in [1.165, 1.54) is 0 Å². The molecule has 2 aromatic rings. The van der Waals surface area contributed by atoms with Crippen LogP contribution in [0.25, 0.3) is 10.4 Å². The number of hydrogen-bond donors (Lipinski definition) is 1. The van der Waals surface area contributed by atoms with Gasteiger partial charge in [-0.3, -0.25) is 4.79 Å². The maximum atomic E-state index is 10.6. The third-order valence-electron chi connectivity index (χ3n) is 3.53. The van der Waals surface area contributed by atoms with Crippen LogP contribution in [-0.4, -0.2) is 37.5 Å². The SMILES string of the molecule is CCOC(COc1cc(-c2scnc2C)ccc1CNC=O)OCC. The molecule has 1 amide bonds. The van der Waals surface area contributed by atoms with E-state index in [1.807, 2.05) is 44.5 Å². The minimum absolute atomic E-state index is 0.279. The summed E-state index contributed by atoms with van der Waals surface area (Å²) in [5.74, 6) is 0.698. The summed E-state index contributed by atoms with van der Waals surface area (Å²) in [5, 5.41) is 2.68. The Morgan fingerprint density at radius 1 is 1.28 bits per heavy atom. The third kappa shape index (κ3) is 5.52. The number of hydrogen-bond acceptors (Lipinski definition) is 6. The summed E-state index contributed by atoms with van der Waals surface area (Å²) in [6.45, 7) is 7.59. The third-order valence-corrected chi connectivity index (χ3v) is 4.51. The minimum Gasteiger partial charge on any atom is -0.488 e. The summed E-state index contributed by atoms with van der Waals surface area (Å²) in [4.78, 5) is 16.0. The Kier molecular flexibility index (Phi) is 7.84. The lowest BCUT2D eigenvalue weighted by Gasteiger charge is -2.19. The van der Waals surface area contributed by atoms with Crippen molar-refractivity contribution in [3.8, 4) is 16.2 Å². The van der Waals surface area contributed by atoms with Gasteiger partial charge < -0.3 is 19.5 Å². The molecule has 1 aromatic carbocycles. The fourth-order valence-corrected chi connectivity index (χ4v) is 3.18. The monoisotopic (exact) mass is 364 g/mol. The number of nitrogens with zero attached hydrogens (tertiary/aromatic N) is 1. The number of nitrogens with one attached hydrogen (secondary N) is 1. The van der Waals surface area contributed by atoms with Gasteiger partial charge in [0.25, 0.3) is 0 Å². The maximum absolute atomic E-state index is 10.6. The second kappa shape index (κ2) is 10.1. The van der Waals surface area contributed by atoms with Crippen molar-refractivity contribution in [2.24, 2.45) is 0 Å². The predicted octanol–water partition coefficient (Wildman–Crippen LogP) is 3.14. The van der Waals surface area contributed by atoms with Crippen molar-refractivity contribution in [3.63, 3.8) is 0 Å². The highest BCUT2D eigenvalue weighted by Crippen LogP contribution is 2.32. The molecule has 0 radical (unpaired) electrons. The van der Waals surface area contributed by atoms with Gasteiger partial charge in [0, 0.05) is 25.3 Å². The van der Waals surface area contributed by atoms with E-state index < -0.39 is 6.29 Å². The molecule has 7 heteroatoms. The lowest BCUT2D eigenvalue weighted by Crippen LogP contribution is -2.25. The molecule has 0 aliphatic carbocycles. The van der Waals surface area contributed by atoms with Gasteiger partial charge in [0.2, 0.25) is 6.41 Å². The Hall–Kier alpha value is -1.96. The normalized spacial score (nSPS) is 10.9. The number of carbonyl (C=O) groups excluding carboxylic acids is 1. The maximum Gasteiger partial charge on any atom is 0.207 e. The second-order valence-corrected chi connectivity index (χ2v) is 6.09. The molecule has 0 unspecified atom stereocenters. The topological polar surface area (TPSA) is 69.7 Å². The molecule has 25 heavy (non-hydrogen) atoms. The number of ether oxygens (including phenoxy) is 3. The van der Waals surface area contributed by atoms with Crippen molar-refractivity contribution in [3.05, 3.63) is 35.0 Å². The van der Waals surface area contributed by atoms with Crippen molar-refractivity contribution in [1.29, 1.82) is 0 Å². The largest absolute Gasteiger partial charge is 0.488 e. The first kappa shape index (κ1) is 19.4. The van der Waals surface area contributed by atoms with Crippen LogP contribution in [0.1, 0.15) is 25.1 Å². The molecule has 0 atom stereocenters. The van der Waals surface area contributed by atoms with Crippen molar-refractivity contribution < 1.29 is 19.0 Å². The van der Waals surface area contributed by atoms with Crippen LogP contribution in [0.2, 0.25) is 0 Å². The van der Waals surface area contributed by atoms with Gasteiger partial charge in [0.15, 0.2) is 6.29 Å². The summed E-state index contributed by atoms with van der Waals surface area (Å²) in [6.07, 6.45) is 0.254. The molecule has 0 saturated carbocycles. The van der Waals surface area contributed by atoms with Crippen molar-refractivity contribution in [2.75, 3.05) is 19.8 Å². The number of aromatic nitrogens is 1. The van der Waals surface area contributed by atoms with Gasteiger partial charge in [0.1, 0.15) is 12.4 Å². The minimum atomic E-state index is -0.421. The van der Waals surface area contributed by atoms with Crippen LogP contribution >= 0.6 is 11.3 Å². The average molecular weight is 364 g/mol. The number of thiazole rings is 1. The molecule has 0 saturated heterocycles. The highest BCUT2D eigenvalue weighted by molar-refractivity contribution is 7.13. The molecule has 0 aliphatic rings. The molecule has 0 bridgehead atoms. The highest BCUT2D eigenvalue weighted by Gasteiger charge is 2.13. The quantitative estimate of drug-likeness (QED) is 0.490. The predicted molar refractivity (Wildman–Crippen MR) is 97.7 cm³/mol. The van der Waals surface area contributed by atoms with Gasteiger partial charge in [-0.2, -0.15) is 0 Å². The van der Waals surface area contributed by atoms with E-state index in [4.69, 9.17) is 14.2 Å². The zero-order chi connectivity index (χ0) is 18.1. The Morgan fingerprint density at radius 2 is 2.04 bits per heavy atom. The average Bonchev–Trinajstić information content (AvgIpc) is 3.04. The van der Waals surface area contributed by atoms with Crippen molar-refractivity contribution in [1.82, 2.24) is 10.3 Å². The van der Waals surface area contributed by atoms with Gasteiger partial charge in [-0.1, -0.05) is 12.1 Å². The van der Waals surface area contributed by atoms with Gasteiger partial charge in [-0.15, -0.1) is 11.3 Å². The molecule has 6 nitrogen and oxygen atoms in total. The Morgan fingerprint density at radius 3 is 2.64 bits per heavy atom. The number of benzene rings is 1. The van der Waals surface area contributed by atoms with Gasteiger partial charge in [-0.25, -0.2) is 4.98 Å². The number of rotatable bonds is 11. The molecular weight excluding hydrogens is 340 g/mol. The van der Waals surface area contributed by atoms with E-state index in [0.717, 1.165) is 21.7 Å². The molecule has 0 spiro atoms. The van der Waals surface area contributed by atoms with E-state index in [9.17, 15) is 4.79 Å². The first-order valence-electron chi connectivity index (χ1n) is 8.26. The van der Waals surface area contributed by atoms with Crippen molar-refractivity contribution in [2.45, 2.75) is 33.6 Å². The van der Waals surface area contributed by atoms with E-state index in [2.05, 4.69) is 10.3 Å². The lowest BCUT2D eigenvalue weighted by atomic mass is 10.1. The first-order valence-corrected chi connectivity index (χ1v) is 9.13. The Labute approximate surface area is 152 Å². The second-order valence-electron chi connectivity index (χ2n) is 5.24.